The van der Waals surface area contributed by atoms with E-state index in [0.717, 1.165) is 5.57 Å². The minimum Gasteiger partial charge on any atom is -0.353 e. The average molecular weight is 302 g/mol. The van der Waals surface area contributed by atoms with Gasteiger partial charge in [-0.3, -0.25) is 19.6 Å². The van der Waals surface area contributed by atoms with Gasteiger partial charge in [-0.05, 0) is 24.8 Å². The Morgan fingerprint density at radius 2 is 2.27 bits per heavy atom. The standard InChI is InChI=1S/C16H22N4O2/c1-11(2)8-14-16(22)19-6-7-20(14)15(21)9-12(3)13-10-17-4-5-18-13/h4-5,9-11,14H,6-8H2,1-3H3,(H,19,22). The van der Waals surface area contributed by atoms with E-state index in [1.54, 1.807) is 23.5 Å². The topological polar surface area (TPSA) is 75.2 Å². The molecule has 1 unspecified atom stereocenters. The van der Waals surface area contributed by atoms with Crippen LogP contribution < -0.4 is 5.32 Å². The van der Waals surface area contributed by atoms with E-state index in [2.05, 4.69) is 15.3 Å². The number of carbonyl (C=O) groups is 2. The Balaban J connectivity index is 2.17. The van der Waals surface area contributed by atoms with E-state index < -0.39 is 6.04 Å². The first-order valence-electron chi connectivity index (χ1n) is 7.52. The van der Waals surface area contributed by atoms with E-state index in [4.69, 9.17) is 0 Å². The minimum atomic E-state index is -0.396. The SMILES string of the molecule is CC(=CC(=O)N1CCNC(=O)C1CC(C)C)c1cnccn1. The van der Waals surface area contributed by atoms with Gasteiger partial charge in [0.2, 0.25) is 11.8 Å². The van der Waals surface area contributed by atoms with Crippen molar-refractivity contribution in [2.75, 3.05) is 13.1 Å². The lowest BCUT2D eigenvalue weighted by molar-refractivity contribution is -0.140. The maximum absolute atomic E-state index is 12.5. The Labute approximate surface area is 130 Å². The summed E-state index contributed by atoms with van der Waals surface area (Å²) in [6.07, 6.45) is 7.00. The predicted molar refractivity (Wildman–Crippen MR) is 83.6 cm³/mol. The predicted octanol–water partition coefficient (Wildman–Crippen LogP) is 1.25. The number of hydrogen-bond acceptors (Lipinski definition) is 4. The molecule has 6 heteroatoms. The summed E-state index contributed by atoms with van der Waals surface area (Å²) in [7, 11) is 0. The minimum absolute atomic E-state index is 0.0705. The smallest absolute Gasteiger partial charge is 0.247 e. The maximum Gasteiger partial charge on any atom is 0.247 e. The molecule has 1 aliphatic heterocycles. The molecule has 1 aromatic rings. The number of nitrogens with zero attached hydrogens (tertiary/aromatic N) is 3. The summed E-state index contributed by atoms with van der Waals surface area (Å²) >= 11 is 0. The van der Waals surface area contributed by atoms with Crippen LogP contribution in [0.4, 0.5) is 0 Å². The zero-order valence-corrected chi connectivity index (χ0v) is 13.2. The maximum atomic E-state index is 12.5. The van der Waals surface area contributed by atoms with E-state index in [1.165, 1.54) is 6.08 Å². The molecule has 22 heavy (non-hydrogen) atoms. The average Bonchev–Trinajstić information content (AvgIpc) is 2.49. The molecule has 0 bridgehead atoms. The molecule has 1 atom stereocenters. The van der Waals surface area contributed by atoms with E-state index in [-0.39, 0.29) is 11.8 Å². The second-order valence-corrected chi connectivity index (χ2v) is 5.89. The fourth-order valence-corrected chi connectivity index (χ4v) is 2.50. The third-order valence-corrected chi connectivity index (χ3v) is 3.62. The summed E-state index contributed by atoms with van der Waals surface area (Å²) < 4.78 is 0. The Bertz CT molecular complexity index is 569. The number of carbonyl (C=O) groups excluding carboxylic acids is 2. The highest BCUT2D eigenvalue weighted by molar-refractivity contribution is 5.98. The van der Waals surface area contributed by atoms with Crippen molar-refractivity contribution in [3.8, 4) is 0 Å². The van der Waals surface area contributed by atoms with Crippen LogP contribution in [0.1, 0.15) is 32.9 Å². The Kier molecular flexibility index (Phi) is 5.25. The van der Waals surface area contributed by atoms with Gasteiger partial charge in [0.1, 0.15) is 6.04 Å². The van der Waals surface area contributed by atoms with E-state index in [0.29, 0.717) is 31.1 Å². The number of piperazine rings is 1. The van der Waals surface area contributed by atoms with Gasteiger partial charge in [-0.1, -0.05) is 13.8 Å². The van der Waals surface area contributed by atoms with Gasteiger partial charge in [0.05, 0.1) is 11.9 Å². The first kappa shape index (κ1) is 16.1. The van der Waals surface area contributed by atoms with Gasteiger partial charge < -0.3 is 10.2 Å². The van der Waals surface area contributed by atoms with Gasteiger partial charge in [0, 0.05) is 31.6 Å². The van der Waals surface area contributed by atoms with Crippen molar-refractivity contribution in [2.45, 2.75) is 33.2 Å². The van der Waals surface area contributed by atoms with Gasteiger partial charge >= 0.3 is 0 Å². The second kappa shape index (κ2) is 7.15. The van der Waals surface area contributed by atoms with Crippen molar-refractivity contribution >= 4 is 17.4 Å². The number of rotatable bonds is 4. The first-order chi connectivity index (χ1) is 10.5. The molecular formula is C16H22N4O2. The molecule has 0 aliphatic carbocycles. The zero-order valence-electron chi connectivity index (χ0n) is 13.2. The van der Waals surface area contributed by atoms with Crippen LogP contribution in [0.5, 0.6) is 0 Å². The quantitative estimate of drug-likeness (QED) is 0.850. The fourth-order valence-electron chi connectivity index (χ4n) is 2.50. The van der Waals surface area contributed by atoms with Crippen molar-refractivity contribution < 1.29 is 9.59 Å². The van der Waals surface area contributed by atoms with Crippen LogP contribution in [0, 0.1) is 5.92 Å². The van der Waals surface area contributed by atoms with Crippen LogP contribution in [0.3, 0.4) is 0 Å². The molecule has 0 saturated carbocycles. The molecule has 2 amide bonds. The van der Waals surface area contributed by atoms with Crippen molar-refractivity contribution in [3.05, 3.63) is 30.4 Å². The highest BCUT2D eigenvalue weighted by Gasteiger charge is 2.32. The summed E-state index contributed by atoms with van der Waals surface area (Å²) in [6.45, 7) is 6.95. The number of amides is 2. The van der Waals surface area contributed by atoms with Crippen molar-refractivity contribution in [2.24, 2.45) is 5.92 Å². The van der Waals surface area contributed by atoms with Crippen molar-refractivity contribution in [1.82, 2.24) is 20.2 Å². The summed E-state index contributed by atoms with van der Waals surface area (Å²) in [6, 6.07) is -0.396. The summed E-state index contributed by atoms with van der Waals surface area (Å²) in [4.78, 5) is 34.4. The van der Waals surface area contributed by atoms with Gasteiger partial charge in [-0.15, -0.1) is 0 Å². The van der Waals surface area contributed by atoms with Crippen LogP contribution in [0.15, 0.2) is 24.7 Å². The molecule has 1 aromatic heterocycles. The lowest BCUT2D eigenvalue weighted by Crippen LogP contribution is -2.57. The molecule has 1 N–H and O–H groups in total. The van der Waals surface area contributed by atoms with Crippen LogP contribution >= 0.6 is 0 Å². The molecule has 1 fully saturated rings. The third kappa shape index (κ3) is 3.90. The molecule has 118 valence electrons. The molecule has 0 aromatic carbocycles. The summed E-state index contributed by atoms with van der Waals surface area (Å²) in [5.74, 6) is 0.122. The van der Waals surface area contributed by atoms with Crippen molar-refractivity contribution in [3.63, 3.8) is 0 Å². The van der Waals surface area contributed by atoms with Gasteiger partial charge in [-0.2, -0.15) is 0 Å². The number of allylic oxidation sites excluding steroid dienone is 1. The Morgan fingerprint density at radius 3 is 2.91 bits per heavy atom. The number of hydrogen-bond donors (Lipinski definition) is 1. The molecule has 1 aliphatic rings. The third-order valence-electron chi connectivity index (χ3n) is 3.62. The van der Waals surface area contributed by atoms with Crippen LogP contribution in [-0.2, 0) is 9.59 Å². The molecule has 2 heterocycles. The van der Waals surface area contributed by atoms with Crippen LogP contribution in [0.25, 0.3) is 5.57 Å². The highest BCUT2D eigenvalue weighted by Crippen LogP contribution is 2.17. The van der Waals surface area contributed by atoms with Crippen LogP contribution in [-0.4, -0.2) is 45.8 Å². The Hall–Kier alpha value is -2.24. The summed E-state index contributed by atoms with van der Waals surface area (Å²) in [5, 5.41) is 2.83. The van der Waals surface area contributed by atoms with E-state index in [1.807, 2.05) is 20.8 Å². The second-order valence-electron chi connectivity index (χ2n) is 5.89. The highest BCUT2D eigenvalue weighted by atomic mass is 16.2. The number of nitrogens with one attached hydrogen (secondary N) is 1. The van der Waals surface area contributed by atoms with Crippen molar-refractivity contribution in [1.29, 1.82) is 0 Å². The lowest BCUT2D eigenvalue weighted by Gasteiger charge is -2.35. The van der Waals surface area contributed by atoms with Gasteiger partial charge in [-0.25, -0.2) is 0 Å². The molecular weight excluding hydrogens is 280 g/mol. The van der Waals surface area contributed by atoms with Crippen LogP contribution in [0.2, 0.25) is 0 Å². The molecule has 6 nitrogen and oxygen atoms in total. The van der Waals surface area contributed by atoms with Gasteiger partial charge in [0.25, 0.3) is 0 Å². The number of aromatic nitrogens is 2. The largest absolute Gasteiger partial charge is 0.353 e. The monoisotopic (exact) mass is 302 g/mol. The summed E-state index contributed by atoms with van der Waals surface area (Å²) in [5.41, 5.74) is 1.41. The first-order valence-corrected chi connectivity index (χ1v) is 7.52. The molecule has 2 rings (SSSR count). The zero-order chi connectivity index (χ0) is 16.1. The normalized spacial score (nSPS) is 19.3. The molecule has 0 spiro atoms. The van der Waals surface area contributed by atoms with E-state index >= 15 is 0 Å². The molecule has 0 radical (unpaired) electrons. The lowest BCUT2D eigenvalue weighted by atomic mass is 9.99. The van der Waals surface area contributed by atoms with E-state index in [9.17, 15) is 9.59 Å². The fraction of sp³-hybridized carbons (Fsp3) is 0.500. The Morgan fingerprint density at radius 1 is 1.50 bits per heavy atom. The van der Waals surface area contributed by atoms with Gasteiger partial charge in [0.15, 0.2) is 0 Å². The molecule has 1 saturated heterocycles.